The van der Waals surface area contributed by atoms with E-state index in [2.05, 4.69) is 18.7 Å². The smallest absolute Gasteiger partial charge is 0.00988 e. The van der Waals surface area contributed by atoms with Crippen LogP contribution in [0.25, 0.3) is 0 Å². The molecule has 2 aliphatic rings. The van der Waals surface area contributed by atoms with Crippen LogP contribution in [0, 0.1) is 11.3 Å². The number of nitrogens with zero attached hydrogens (tertiary/aromatic N) is 1. The summed E-state index contributed by atoms with van der Waals surface area (Å²) in [4.78, 5) is 2.72. The third kappa shape index (κ3) is 2.36. The van der Waals surface area contributed by atoms with Crippen molar-refractivity contribution in [3.05, 3.63) is 0 Å². The van der Waals surface area contributed by atoms with E-state index in [1.807, 2.05) is 0 Å². The molecule has 1 aliphatic heterocycles. The second-order valence-corrected chi connectivity index (χ2v) is 6.03. The first kappa shape index (κ1) is 11.4. The van der Waals surface area contributed by atoms with Crippen LogP contribution in [0.2, 0.25) is 0 Å². The van der Waals surface area contributed by atoms with E-state index in [0.717, 1.165) is 18.5 Å². The first-order valence-electron chi connectivity index (χ1n) is 6.61. The van der Waals surface area contributed by atoms with Gasteiger partial charge in [0.05, 0.1) is 0 Å². The van der Waals surface area contributed by atoms with Gasteiger partial charge in [-0.05, 0) is 43.6 Å². The highest BCUT2D eigenvalue weighted by atomic mass is 15.2. The third-order valence-electron chi connectivity index (χ3n) is 4.45. The second-order valence-electron chi connectivity index (χ2n) is 6.03. The van der Waals surface area contributed by atoms with Gasteiger partial charge in [-0.15, -0.1) is 0 Å². The van der Waals surface area contributed by atoms with Crippen LogP contribution in [-0.2, 0) is 0 Å². The van der Waals surface area contributed by atoms with Crippen LogP contribution in [0.15, 0.2) is 0 Å². The molecule has 0 radical (unpaired) electrons. The van der Waals surface area contributed by atoms with Crippen LogP contribution in [0.1, 0.15) is 46.0 Å². The minimum atomic E-state index is 0.360. The van der Waals surface area contributed by atoms with Crippen LogP contribution in [0.5, 0.6) is 0 Å². The van der Waals surface area contributed by atoms with E-state index < -0.39 is 0 Å². The zero-order valence-corrected chi connectivity index (χ0v) is 10.3. The van der Waals surface area contributed by atoms with Crippen molar-refractivity contribution in [3.8, 4) is 0 Å². The molecule has 2 bridgehead atoms. The normalized spacial score (nSPS) is 34.6. The first-order valence-corrected chi connectivity index (χ1v) is 6.61. The lowest BCUT2D eigenvalue weighted by Gasteiger charge is -2.36. The molecule has 1 saturated heterocycles. The van der Waals surface area contributed by atoms with Gasteiger partial charge in [-0.3, -0.25) is 4.90 Å². The fourth-order valence-electron chi connectivity index (χ4n) is 3.56. The monoisotopic (exact) mass is 210 g/mol. The Kier molecular flexibility index (Phi) is 3.36. The van der Waals surface area contributed by atoms with Crippen LogP contribution in [-0.4, -0.2) is 30.6 Å². The average Bonchev–Trinajstić information content (AvgIpc) is 2.79. The number of fused-ring (bicyclic) bond motifs is 2. The Morgan fingerprint density at radius 3 is 2.67 bits per heavy atom. The molecule has 0 spiro atoms. The Hall–Kier alpha value is -0.0800. The average molecular weight is 210 g/mol. The van der Waals surface area contributed by atoms with E-state index in [-0.39, 0.29) is 0 Å². The van der Waals surface area contributed by atoms with Crippen molar-refractivity contribution >= 4 is 0 Å². The molecule has 15 heavy (non-hydrogen) atoms. The molecule has 88 valence electrons. The van der Waals surface area contributed by atoms with Gasteiger partial charge < -0.3 is 5.73 Å². The molecule has 0 amide bonds. The fourth-order valence-corrected chi connectivity index (χ4v) is 3.56. The van der Waals surface area contributed by atoms with Crippen LogP contribution < -0.4 is 5.73 Å². The molecule has 2 heteroatoms. The van der Waals surface area contributed by atoms with Gasteiger partial charge in [-0.25, -0.2) is 0 Å². The quantitative estimate of drug-likeness (QED) is 0.754. The van der Waals surface area contributed by atoms with Crippen LogP contribution in [0.3, 0.4) is 0 Å². The molecule has 3 atom stereocenters. The van der Waals surface area contributed by atoms with Gasteiger partial charge in [0.25, 0.3) is 0 Å². The van der Waals surface area contributed by atoms with Crippen molar-refractivity contribution in [2.24, 2.45) is 17.1 Å². The van der Waals surface area contributed by atoms with E-state index in [1.165, 1.54) is 45.2 Å². The molecule has 1 aliphatic carbocycles. The van der Waals surface area contributed by atoms with Gasteiger partial charge in [0.1, 0.15) is 0 Å². The molecular weight excluding hydrogens is 184 g/mol. The Labute approximate surface area is 94.2 Å². The highest BCUT2D eigenvalue weighted by molar-refractivity contribution is 4.94. The lowest BCUT2D eigenvalue weighted by atomic mass is 9.84. The number of likely N-dealkylation sites (tertiary alicyclic amines) is 1. The second kappa shape index (κ2) is 4.42. The molecule has 0 aromatic carbocycles. The van der Waals surface area contributed by atoms with E-state index >= 15 is 0 Å². The van der Waals surface area contributed by atoms with Crippen molar-refractivity contribution < 1.29 is 0 Å². The van der Waals surface area contributed by atoms with Gasteiger partial charge >= 0.3 is 0 Å². The van der Waals surface area contributed by atoms with E-state index in [4.69, 9.17) is 5.73 Å². The molecule has 1 saturated carbocycles. The predicted octanol–water partition coefficient (Wildman–Crippen LogP) is 2.24. The summed E-state index contributed by atoms with van der Waals surface area (Å²) in [6, 6.07) is 0.901. The van der Waals surface area contributed by atoms with Gasteiger partial charge in [0.15, 0.2) is 0 Å². The largest absolute Gasteiger partial charge is 0.330 e. The Bertz CT molecular complexity index is 217. The van der Waals surface area contributed by atoms with E-state index in [0.29, 0.717) is 5.41 Å². The third-order valence-corrected chi connectivity index (χ3v) is 4.45. The van der Waals surface area contributed by atoms with Gasteiger partial charge in [0.2, 0.25) is 0 Å². The van der Waals surface area contributed by atoms with Crippen molar-refractivity contribution in [2.45, 2.75) is 52.0 Å². The summed E-state index contributed by atoms with van der Waals surface area (Å²) < 4.78 is 0. The fraction of sp³-hybridized carbons (Fsp3) is 1.00. The zero-order chi connectivity index (χ0) is 10.9. The minimum Gasteiger partial charge on any atom is -0.330 e. The molecule has 2 N–H and O–H groups in total. The summed E-state index contributed by atoms with van der Waals surface area (Å²) in [5.74, 6) is 1.01. The van der Waals surface area contributed by atoms with Gasteiger partial charge in [0, 0.05) is 19.1 Å². The first-order chi connectivity index (χ1) is 7.17. The summed E-state index contributed by atoms with van der Waals surface area (Å²) in [5.41, 5.74) is 6.30. The molecule has 0 aromatic rings. The van der Waals surface area contributed by atoms with Crippen molar-refractivity contribution in [1.29, 1.82) is 0 Å². The minimum absolute atomic E-state index is 0.360. The van der Waals surface area contributed by atoms with E-state index in [1.54, 1.807) is 0 Å². The summed E-state index contributed by atoms with van der Waals surface area (Å²) in [6.07, 6.45) is 6.92. The van der Waals surface area contributed by atoms with Crippen molar-refractivity contribution in [2.75, 3.05) is 19.6 Å². The maximum absolute atomic E-state index is 5.94. The number of nitrogens with two attached hydrogens (primary N) is 1. The highest BCUT2D eigenvalue weighted by Gasteiger charge is 2.40. The Balaban J connectivity index is 1.89. The van der Waals surface area contributed by atoms with Gasteiger partial charge in [-0.2, -0.15) is 0 Å². The number of rotatable bonds is 5. The van der Waals surface area contributed by atoms with Crippen LogP contribution in [0.4, 0.5) is 0 Å². The molecular formula is C13H26N2. The highest BCUT2D eigenvalue weighted by Crippen LogP contribution is 2.39. The molecule has 2 fully saturated rings. The summed E-state index contributed by atoms with van der Waals surface area (Å²) in [5, 5.41) is 0. The van der Waals surface area contributed by atoms with Crippen molar-refractivity contribution in [1.82, 2.24) is 4.90 Å². The lowest BCUT2D eigenvalue weighted by molar-refractivity contribution is 0.127. The molecule has 3 unspecified atom stereocenters. The van der Waals surface area contributed by atoms with E-state index in [9.17, 15) is 0 Å². The molecule has 1 heterocycles. The topological polar surface area (TPSA) is 29.3 Å². The standard InChI is InChI=1S/C13H26N2/c1-3-6-13(2,9-14)10-15-8-11-4-5-12(15)7-11/h11-12H,3-10,14H2,1-2H3. The SMILES string of the molecule is CCCC(C)(CN)CN1CC2CCC1C2. The predicted molar refractivity (Wildman–Crippen MR) is 64.8 cm³/mol. The summed E-state index contributed by atoms with van der Waals surface area (Å²) >= 11 is 0. The Morgan fingerprint density at radius 2 is 2.20 bits per heavy atom. The maximum atomic E-state index is 5.94. The van der Waals surface area contributed by atoms with Crippen LogP contribution >= 0.6 is 0 Å². The number of hydrogen-bond donors (Lipinski definition) is 1. The lowest BCUT2D eigenvalue weighted by Crippen LogP contribution is -2.43. The molecule has 2 nitrogen and oxygen atoms in total. The number of piperidine rings is 1. The Morgan fingerprint density at radius 1 is 1.40 bits per heavy atom. The summed E-state index contributed by atoms with van der Waals surface area (Å²) in [6.45, 7) is 8.06. The van der Waals surface area contributed by atoms with Gasteiger partial charge in [-0.1, -0.05) is 20.3 Å². The molecule has 0 aromatic heterocycles. The van der Waals surface area contributed by atoms with Crippen molar-refractivity contribution in [3.63, 3.8) is 0 Å². The molecule has 2 rings (SSSR count). The summed E-state index contributed by atoms with van der Waals surface area (Å²) in [7, 11) is 0. The number of hydrogen-bond acceptors (Lipinski definition) is 2. The maximum Gasteiger partial charge on any atom is 0.00988 e. The zero-order valence-electron chi connectivity index (χ0n) is 10.3.